The van der Waals surface area contributed by atoms with E-state index in [0.29, 0.717) is 5.69 Å². The summed E-state index contributed by atoms with van der Waals surface area (Å²) in [6.07, 6.45) is 1.77. The van der Waals surface area contributed by atoms with Crippen LogP contribution < -0.4 is 4.72 Å². The Kier molecular flexibility index (Phi) is 2.57. The van der Waals surface area contributed by atoms with Gasteiger partial charge in [-0.1, -0.05) is 22.9 Å². The highest BCUT2D eigenvalue weighted by Crippen LogP contribution is 2.37. The van der Waals surface area contributed by atoms with Gasteiger partial charge in [0.1, 0.15) is 0 Å². The standard InChI is InChI=1S/C8H11ClN2O2S2/c1-5-6(14-7(9)10-5)15(12,13)11-8(2)3-4-8/h11H,3-4H2,1-2H3. The van der Waals surface area contributed by atoms with Gasteiger partial charge in [-0.2, -0.15) is 0 Å². The first-order chi connectivity index (χ1) is 6.82. The summed E-state index contributed by atoms with van der Waals surface area (Å²) in [4.78, 5) is 3.89. The van der Waals surface area contributed by atoms with E-state index in [-0.39, 0.29) is 14.2 Å². The van der Waals surface area contributed by atoms with Gasteiger partial charge in [0.25, 0.3) is 10.0 Å². The van der Waals surface area contributed by atoms with Crippen molar-refractivity contribution in [1.29, 1.82) is 0 Å². The number of nitrogens with zero attached hydrogens (tertiary/aromatic N) is 1. The number of thiazole rings is 1. The molecule has 1 fully saturated rings. The number of rotatable bonds is 3. The van der Waals surface area contributed by atoms with Gasteiger partial charge in [0.15, 0.2) is 8.68 Å². The van der Waals surface area contributed by atoms with Gasteiger partial charge in [0.05, 0.1) is 5.69 Å². The fraction of sp³-hybridized carbons (Fsp3) is 0.625. The highest BCUT2D eigenvalue weighted by atomic mass is 35.5. The van der Waals surface area contributed by atoms with E-state index >= 15 is 0 Å². The number of halogens is 1. The summed E-state index contributed by atoms with van der Waals surface area (Å²) in [5.41, 5.74) is 0.198. The van der Waals surface area contributed by atoms with Crippen LogP contribution in [0.1, 0.15) is 25.5 Å². The molecule has 0 radical (unpaired) electrons. The van der Waals surface area contributed by atoms with Gasteiger partial charge in [-0.15, -0.1) is 0 Å². The fourth-order valence-corrected chi connectivity index (χ4v) is 4.47. The lowest BCUT2D eigenvalue weighted by molar-refractivity contribution is 0.559. The van der Waals surface area contributed by atoms with E-state index in [1.54, 1.807) is 6.92 Å². The summed E-state index contributed by atoms with van der Waals surface area (Å²) < 4.78 is 27.0. The maximum absolute atomic E-state index is 11.9. The van der Waals surface area contributed by atoms with E-state index in [0.717, 1.165) is 24.2 Å². The normalized spacial score (nSPS) is 19.1. The van der Waals surface area contributed by atoms with Gasteiger partial charge < -0.3 is 0 Å². The Bertz CT molecular complexity index is 491. The second-order valence-corrected chi connectivity index (χ2v) is 7.46. The van der Waals surface area contributed by atoms with Crippen LogP contribution in [0.25, 0.3) is 0 Å². The SMILES string of the molecule is Cc1nc(Cl)sc1S(=O)(=O)NC1(C)CC1. The largest absolute Gasteiger partial charge is 0.252 e. The lowest BCUT2D eigenvalue weighted by Crippen LogP contribution is -2.34. The van der Waals surface area contributed by atoms with E-state index in [2.05, 4.69) is 9.71 Å². The molecule has 7 heteroatoms. The van der Waals surface area contributed by atoms with Crippen molar-refractivity contribution in [3.8, 4) is 0 Å². The summed E-state index contributed by atoms with van der Waals surface area (Å²) in [7, 11) is -3.44. The molecule has 0 aliphatic heterocycles. The van der Waals surface area contributed by atoms with Gasteiger partial charge in [0, 0.05) is 5.54 Å². The van der Waals surface area contributed by atoms with Crippen molar-refractivity contribution in [3.05, 3.63) is 10.2 Å². The number of hydrogen-bond acceptors (Lipinski definition) is 4. The van der Waals surface area contributed by atoms with Crippen LogP contribution in [0, 0.1) is 6.92 Å². The molecular weight excluding hydrogens is 256 g/mol. The molecule has 1 aliphatic rings. The van der Waals surface area contributed by atoms with Gasteiger partial charge in [-0.05, 0) is 26.7 Å². The number of aromatic nitrogens is 1. The third kappa shape index (κ3) is 2.33. The molecule has 1 N–H and O–H groups in total. The van der Waals surface area contributed by atoms with Crippen LogP contribution in [-0.4, -0.2) is 18.9 Å². The van der Waals surface area contributed by atoms with Crippen molar-refractivity contribution in [3.63, 3.8) is 0 Å². The smallest absolute Gasteiger partial charge is 0.229 e. The number of hydrogen-bond donors (Lipinski definition) is 1. The summed E-state index contributed by atoms with van der Waals surface area (Å²) in [6.45, 7) is 3.54. The first-order valence-corrected chi connectivity index (χ1v) is 7.17. The van der Waals surface area contributed by atoms with Crippen LogP contribution in [-0.2, 0) is 10.0 Å². The molecule has 1 aromatic rings. The zero-order valence-corrected chi connectivity index (χ0v) is 10.8. The minimum Gasteiger partial charge on any atom is -0.229 e. The van der Waals surface area contributed by atoms with E-state index in [4.69, 9.17) is 11.6 Å². The van der Waals surface area contributed by atoms with Crippen LogP contribution in [0.4, 0.5) is 0 Å². The highest BCUT2D eigenvalue weighted by Gasteiger charge is 2.42. The van der Waals surface area contributed by atoms with Crippen LogP contribution in [0.5, 0.6) is 0 Å². The zero-order chi connectivity index (χ0) is 11.3. The van der Waals surface area contributed by atoms with Gasteiger partial charge in [-0.3, -0.25) is 0 Å². The molecule has 0 saturated heterocycles. The summed E-state index contributed by atoms with van der Waals surface area (Å²) in [5.74, 6) is 0. The summed E-state index contributed by atoms with van der Waals surface area (Å²) >= 11 is 6.67. The van der Waals surface area contributed by atoms with Gasteiger partial charge >= 0.3 is 0 Å². The van der Waals surface area contributed by atoms with E-state index in [9.17, 15) is 8.42 Å². The van der Waals surface area contributed by atoms with Gasteiger partial charge in [0.2, 0.25) is 0 Å². The molecule has 0 atom stereocenters. The number of nitrogens with one attached hydrogen (secondary N) is 1. The van der Waals surface area contributed by atoms with Crippen LogP contribution in [0.3, 0.4) is 0 Å². The third-order valence-electron chi connectivity index (χ3n) is 2.35. The molecule has 0 amide bonds. The molecule has 0 unspecified atom stereocenters. The maximum Gasteiger partial charge on any atom is 0.252 e. The Morgan fingerprint density at radius 2 is 2.13 bits per heavy atom. The Morgan fingerprint density at radius 3 is 2.53 bits per heavy atom. The summed E-state index contributed by atoms with van der Waals surface area (Å²) in [6, 6.07) is 0. The lowest BCUT2D eigenvalue weighted by atomic mass is 10.4. The first kappa shape index (κ1) is 11.3. The van der Waals surface area contributed by atoms with Crippen LogP contribution in [0.15, 0.2) is 4.21 Å². The van der Waals surface area contributed by atoms with Crippen LogP contribution in [0.2, 0.25) is 4.47 Å². The molecule has 1 aliphatic carbocycles. The highest BCUT2D eigenvalue weighted by molar-refractivity contribution is 7.91. The van der Waals surface area contributed by atoms with Gasteiger partial charge in [-0.25, -0.2) is 18.1 Å². The molecule has 0 aromatic carbocycles. The predicted octanol–water partition coefficient (Wildman–Crippen LogP) is 1.94. The third-order valence-corrected chi connectivity index (χ3v) is 5.86. The second kappa shape index (κ2) is 3.41. The first-order valence-electron chi connectivity index (χ1n) is 4.49. The molecule has 4 nitrogen and oxygen atoms in total. The average molecular weight is 267 g/mol. The van der Waals surface area contributed by atoms with Crippen molar-refractivity contribution < 1.29 is 8.42 Å². The molecular formula is C8H11ClN2O2S2. The monoisotopic (exact) mass is 266 g/mol. The molecule has 15 heavy (non-hydrogen) atoms. The fourth-order valence-electron chi connectivity index (χ4n) is 1.26. The second-order valence-electron chi connectivity index (χ2n) is 4.01. The molecule has 84 valence electrons. The van der Waals surface area contributed by atoms with Crippen molar-refractivity contribution in [1.82, 2.24) is 9.71 Å². The minimum absolute atomic E-state index is 0.223. The van der Waals surface area contributed by atoms with Crippen molar-refractivity contribution >= 4 is 33.0 Å². The quantitative estimate of drug-likeness (QED) is 0.910. The van der Waals surface area contributed by atoms with Crippen molar-refractivity contribution in [2.24, 2.45) is 0 Å². The molecule has 1 heterocycles. The van der Waals surface area contributed by atoms with E-state index in [1.807, 2.05) is 6.92 Å². The van der Waals surface area contributed by atoms with Crippen LogP contribution >= 0.6 is 22.9 Å². The molecule has 0 spiro atoms. The summed E-state index contributed by atoms with van der Waals surface area (Å²) in [5, 5.41) is 0. The Morgan fingerprint density at radius 1 is 1.53 bits per heavy atom. The van der Waals surface area contributed by atoms with Crippen molar-refractivity contribution in [2.75, 3.05) is 0 Å². The molecule has 1 saturated carbocycles. The zero-order valence-electron chi connectivity index (χ0n) is 8.37. The topological polar surface area (TPSA) is 59.1 Å². The Balaban J connectivity index is 2.33. The minimum atomic E-state index is -3.44. The molecule has 1 aromatic heterocycles. The lowest BCUT2D eigenvalue weighted by Gasteiger charge is -2.10. The van der Waals surface area contributed by atoms with E-state index < -0.39 is 10.0 Å². The Hall–Kier alpha value is -0.170. The van der Waals surface area contributed by atoms with E-state index in [1.165, 1.54) is 0 Å². The predicted molar refractivity (Wildman–Crippen MR) is 59.8 cm³/mol. The number of sulfonamides is 1. The van der Waals surface area contributed by atoms with Crippen molar-refractivity contribution in [2.45, 2.75) is 36.4 Å². The Labute approximate surface area is 97.7 Å². The average Bonchev–Trinajstić information content (AvgIpc) is 2.65. The maximum atomic E-state index is 11.9. The molecule has 0 bridgehead atoms. The number of aryl methyl sites for hydroxylation is 1. The molecule has 2 rings (SSSR count).